The van der Waals surface area contributed by atoms with Gasteiger partial charge in [0.1, 0.15) is 5.70 Å². The van der Waals surface area contributed by atoms with Gasteiger partial charge in [0.05, 0.1) is 5.25 Å². The van der Waals surface area contributed by atoms with Gasteiger partial charge in [-0.2, -0.15) is 0 Å². The zero-order valence-electron chi connectivity index (χ0n) is 23.0. The van der Waals surface area contributed by atoms with Gasteiger partial charge in [0.15, 0.2) is 11.5 Å². The van der Waals surface area contributed by atoms with Crippen molar-refractivity contribution in [1.82, 2.24) is 5.32 Å². The molecule has 1 unspecified atom stereocenters. The molecule has 3 amide bonds. The highest BCUT2D eigenvalue weighted by Gasteiger charge is 2.19. The van der Waals surface area contributed by atoms with Crippen LogP contribution in [0.4, 0.5) is 11.4 Å². The van der Waals surface area contributed by atoms with Crippen molar-refractivity contribution in [3.63, 3.8) is 0 Å². The first-order valence-corrected chi connectivity index (χ1v) is 14.2. The number of hydrogen-bond acceptors (Lipinski definition) is 6. The summed E-state index contributed by atoms with van der Waals surface area (Å²) in [6.45, 7) is 3.93. The van der Waals surface area contributed by atoms with E-state index in [2.05, 4.69) is 16.0 Å². The van der Waals surface area contributed by atoms with Crippen molar-refractivity contribution in [2.24, 2.45) is 0 Å². The van der Waals surface area contributed by atoms with E-state index in [9.17, 15) is 14.4 Å². The Bertz CT molecular complexity index is 1640. The first kappa shape index (κ1) is 28.5. The number of fused-ring (bicyclic) bond motifs is 1. The zero-order chi connectivity index (χ0) is 29.5. The van der Waals surface area contributed by atoms with Gasteiger partial charge in [-0.25, -0.2) is 0 Å². The summed E-state index contributed by atoms with van der Waals surface area (Å²) < 4.78 is 10.7. The Morgan fingerprint density at radius 1 is 0.810 bits per heavy atom. The molecule has 0 fully saturated rings. The lowest BCUT2D eigenvalue weighted by atomic mass is 10.1. The summed E-state index contributed by atoms with van der Waals surface area (Å²) in [4.78, 5) is 39.8. The van der Waals surface area contributed by atoms with Crippen molar-refractivity contribution >= 4 is 46.9 Å². The van der Waals surface area contributed by atoms with Crippen LogP contribution in [0.2, 0.25) is 0 Å². The quantitative estimate of drug-likeness (QED) is 0.160. The standard InChI is InChI=1S/C33H29N3O5S/c1-21-8-6-7-11-24(21)18-28(36-32(38)23-9-4-3-5-10-23)33(39)34-25-12-15-27(16-13-25)42-22(2)31(37)35-26-14-17-29-30(19-26)41-20-40-29/h3-19,22H,20H2,1-2H3,(H,34,39)(H,35,37)(H,36,38)/b28-18-. The molecule has 0 aromatic heterocycles. The number of amides is 3. The molecule has 42 heavy (non-hydrogen) atoms. The van der Waals surface area contributed by atoms with Gasteiger partial charge in [-0.1, -0.05) is 42.5 Å². The van der Waals surface area contributed by atoms with Gasteiger partial charge in [0.2, 0.25) is 12.7 Å². The number of benzene rings is 4. The molecule has 212 valence electrons. The molecule has 0 radical (unpaired) electrons. The third-order valence-electron chi connectivity index (χ3n) is 6.45. The second-order valence-electron chi connectivity index (χ2n) is 9.53. The van der Waals surface area contributed by atoms with Crippen LogP contribution in [-0.2, 0) is 9.59 Å². The van der Waals surface area contributed by atoms with E-state index < -0.39 is 5.91 Å². The molecule has 1 atom stereocenters. The number of aryl methyl sites for hydroxylation is 1. The zero-order valence-corrected chi connectivity index (χ0v) is 23.9. The molecule has 0 aliphatic carbocycles. The van der Waals surface area contributed by atoms with E-state index in [-0.39, 0.29) is 29.6 Å². The van der Waals surface area contributed by atoms with E-state index in [4.69, 9.17) is 9.47 Å². The number of hydrogen-bond donors (Lipinski definition) is 3. The largest absolute Gasteiger partial charge is 0.454 e. The van der Waals surface area contributed by atoms with E-state index in [1.807, 2.05) is 56.3 Å². The normalized spacial score (nSPS) is 12.8. The van der Waals surface area contributed by atoms with Crippen LogP contribution in [0.15, 0.2) is 108 Å². The molecule has 9 heteroatoms. The third-order valence-corrected chi connectivity index (χ3v) is 7.56. The molecular weight excluding hydrogens is 550 g/mol. The van der Waals surface area contributed by atoms with Gasteiger partial charge in [-0.3, -0.25) is 14.4 Å². The second-order valence-corrected chi connectivity index (χ2v) is 10.9. The Labute approximate surface area is 248 Å². The summed E-state index contributed by atoms with van der Waals surface area (Å²) in [5.41, 5.74) is 3.52. The van der Waals surface area contributed by atoms with E-state index in [1.165, 1.54) is 11.8 Å². The number of ether oxygens (including phenoxy) is 2. The van der Waals surface area contributed by atoms with Crippen LogP contribution in [-0.4, -0.2) is 29.8 Å². The first-order valence-electron chi connectivity index (χ1n) is 13.3. The summed E-state index contributed by atoms with van der Waals surface area (Å²) >= 11 is 1.39. The summed E-state index contributed by atoms with van der Waals surface area (Å²) in [6.07, 6.45) is 1.66. The minimum atomic E-state index is -0.459. The lowest BCUT2D eigenvalue weighted by Crippen LogP contribution is -2.30. The van der Waals surface area contributed by atoms with E-state index in [0.717, 1.165) is 16.0 Å². The average Bonchev–Trinajstić information content (AvgIpc) is 3.47. The van der Waals surface area contributed by atoms with E-state index >= 15 is 0 Å². The predicted octanol–water partition coefficient (Wildman–Crippen LogP) is 6.25. The Morgan fingerprint density at radius 3 is 2.26 bits per heavy atom. The minimum Gasteiger partial charge on any atom is -0.454 e. The lowest BCUT2D eigenvalue weighted by Gasteiger charge is -2.14. The number of nitrogens with one attached hydrogen (secondary N) is 3. The van der Waals surface area contributed by atoms with Gasteiger partial charge >= 0.3 is 0 Å². The Morgan fingerprint density at radius 2 is 1.50 bits per heavy atom. The van der Waals surface area contributed by atoms with Crippen LogP contribution in [0.1, 0.15) is 28.4 Å². The van der Waals surface area contributed by atoms with Crippen molar-refractivity contribution in [1.29, 1.82) is 0 Å². The fraction of sp³-hybridized carbons (Fsp3) is 0.121. The molecular formula is C33H29N3O5S. The number of rotatable bonds is 9. The molecule has 1 heterocycles. The van der Waals surface area contributed by atoms with Crippen LogP contribution in [0.3, 0.4) is 0 Å². The van der Waals surface area contributed by atoms with Gasteiger partial charge < -0.3 is 25.4 Å². The number of thioether (sulfide) groups is 1. The lowest BCUT2D eigenvalue weighted by molar-refractivity contribution is -0.115. The Kier molecular flexibility index (Phi) is 8.89. The first-order chi connectivity index (χ1) is 20.4. The van der Waals surface area contributed by atoms with Crippen LogP contribution in [0, 0.1) is 6.92 Å². The van der Waals surface area contributed by atoms with Gasteiger partial charge in [0.25, 0.3) is 11.8 Å². The van der Waals surface area contributed by atoms with Crippen LogP contribution < -0.4 is 25.4 Å². The monoisotopic (exact) mass is 579 g/mol. The molecule has 5 rings (SSSR count). The van der Waals surface area contributed by atoms with E-state index in [1.54, 1.807) is 60.7 Å². The topological polar surface area (TPSA) is 106 Å². The van der Waals surface area contributed by atoms with Crippen molar-refractivity contribution in [2.75, 3.05) is 17.4 Å². The molecule has 0 saturated heterocycles. The van der Waals surface area contributed by atoms with Crippen molar-refractivity contribution in [2.45, 2.75) is 24.0 Å². The summed E-state index contributed by atoms with van der Waals surface area (Å²) in [5, 5.41) is 8.14. The SMILES string of the molecule is Cc1ccccc1/C=C(\NC(=O)c1ccccc1)C(=O)Nc1ccc(SC(C)C(=O)Nc2ccc3c(c2)OCO3)cc1. The summed E-state index contributed by atoms with van der Waals surface area (Å²) in [6, 6.07) is 28.8. The van der Waals surface area contributed by atoms with Crippen LogP contribution in [0.5, 0.6) is 11.5 Å². The Balaban J connectivity index is 1.23. The predicted molar refractivity (Wildman–Crippen MR) is 165 cm³/mol. The number of carbonyl (C=O) groups excluding carboxylic acids is 3. The maximum Gasteiger partial charge on any atom is 0.272 e. The van der Waals surface area contributed by atoms with Crippen molar-refractivity contribution < 1.29 is 23.9 Å². The molecule has 1 aliphatic heterocycles. The molecule has 1 aliphatic rings. The van der Waals surface area contributed by atoms with Crippen molar-refractivity contribution in [3.05, 3.63) is 119 Å². The molecule has 0 saturated carbocycles. The fourth-order valence-electron chi connectivity index (χ4n) is 4.14. The molecule has 4 aromatic rings. The highest BCUT2D eigenvalue weighted by atomic mass is 32.2. The number of carbonyl (C=O) groups is 3. The summed E-state index contributed by atoms with van der Waals surface area (Å²) in [7, 11) is 0. The fourth-order valence-corrected chi connectivity index (χ4v) is 5.01. The molecule has 4 aromatic carbocycles. The van der Waals surface area contributed by atoms with Crippen LogP contribution in [0.25, 0.3) is 6.08 Å². The van der Waals surface area contributed by atoms with Gasteiger partial charge in [0, 0.05) is 27.9 Å². The molecule has 0 spiro atoms. The van der Waals surface area contributed by atoms with Crippen molar-refractivity contribution in [3.8, 4) is 11.5 Å². The maximum absolute atomic E-state index is 13.3. The highest BCUT2D eigenvalue weighted by Crippen LogP contribution is 2.34. The average molecular weight is 580 g/mol. The van der Waals surface area contributed by atoms with Gasteiger partial charge in [-0.15, -0.1) is 11.8 Å². The van der Waals surface area contributed by atoms with Gasteiger partial charge in [-0.05, 0) is 79.6 Å². The number of anilines is 2. The maximum atomic E-state index is 13.3. The van der Waals surface area contributed by atoms with E-state index in [0.29, 0.717) is 28.4 Å². The smallest absolute Gasteiger partial charge is 0.272 e. The molecule has 0 bridgehead atoms. The minimum absolute atomic E-state index is 0.116. The van der Waals surface area contributed by atoms with Crippen LogP contribution >= 0.6 is 11.8 Å². The molecule has 3 N–H and O–H groups in total. The third kappa shape index (κ3) is 7.18. The Hall–Kier alpha value is -5.02. The second kappa shape index (κ2) is 13.1. The molecule has 8 nitrogen and oxygen atoms in total. The highest BCUT2D eigenvalue weighted by molar-refractivity contribution is 8.00. The summed E-state index contributed by atoms with van der Waals surface area (Å²) in [5.74, 6) is 0.252.